The molecule has 0 aliphatic carbocycles. The molecule has 9 nitrogen and oxygen atoms in total. The molecule has 0 aromatic carbocycles. The Labute approximate surface area is 164 Å². The molecule has 1 aliphatic rings. The maximum atomic E-state index is 13.0. The third-order valence-corrected chi connectivity index (χ3v) is 4.61. The highest BCUT2D eigenvalue weighted by molar-refractivity contribution is 5.83. The second-order valence-electron chi connectivity index (χ2n) is 7.38. The van der Waals surface area contributed by atoms with Gasteiger partial charge in [-0.25, -0.2) is 0 Å². The van der Waals surface area contributed by atoms with Gasteiger partial charge in [0.1, 0.15) is 5.82 Å². The molecule has 3 heterocycles. The molecule has 0 radical (unpaired) electrons. The summed E-state index contributed by atoms with van der Waals surface area (Å²) < 4.78 is 39.7. The van der Waals surface area contributed by atoms with Crippen molar-refractivity contribution in [3.8, 4) is 0 Å². The normalized spacial score (nSPS) is 15.7. The van der Waals surface area contributed by atoms with E-state index in [1.807, 2.05) is 13.8 Å². The number of aromatic nitrogens is 4. The molecule has 0 unspecified atom stereocenters. The van der Waals surface area contributed by atoms with Gasteiger partial charge in [-0.1, -0.05) is 13.8 Å². The Kier molecular flexibility index (Phi) is 5.89. The second-order valence-corrected chi connectivity index (χ2v) is 7.38. The Hall–Kier alpha value is -2.92. The zero-order chi connectivity index (χ0) is 21.2. The highest BCUT2D eigenvalue weighted by atomic mass is 19.4. The van der Waals surface area contributed by atoms with Gasteiger partial charge in [0, 0.05) is 25.4 Å². The second kappa shape index (κ2) is 8.21. The van der Waals surface area contributed by atoms with E-state index in [1.165, 1.54) is 6.07 Å². The predicted octanol–water partition coefficient (Wildman–Crippen LogP) is 1.55. The number of alkyl halides is 3. The largest absolute Gasteiger partial charge is 0.453 e. The summed E-state index contributed by atoms with van der Waals surface area (Å²) in [5, 5.41) is 10.7. The highest BCUT2D eigenvalue weighted by Gasteiger charge is 2.38. The molecule has 12 heteroatoms. The molecule has 1 saturated heterocycles. The summed E-state index contributed by atoms with van der Waals surface area (Å²) in [7, 11) is 0. The number of carbonyl (C=O) groups is 2. The average molecular weight is 413 g/mol. The third kappa shape index (κ3) is 4.93. The van der Waals surface area contributed by atoms with E-state index < -0.39 is 12.0 Å². The molecule has 0 bridgehead atoms. The van der Waals surface area contributed by atoms with Crippen LogP contribution in [0.1, 0.15) is 38.9 Å². The van der Waals surface area contributed by atoms with Crippen molar-refractivity contribution in [3.05, 3.63) is 18.0 Å². The van der Waals surface area contributed by atoms with Crippen LogP contribution in [0.4, 0.5) is 19.0 Å². The summed E-state index contributed by atoms with van der Waals surface area (Å²) in [6, 6.07) is 3.00. The molecule has 2 aromatic rings. The number of hydrogen-bond acceptors (Lipinski definition) is 6. The van der Waals surface area contributed by atoms with Crippen molar-refractivity contribution in [3.63, 3.8) is 0 Å². The number of hydrazine groups is 1. The van der Waals surface area contributed by atoms with Crippen LogP contribution in [-0.4, -0.2) is 44.7 Å². The van der Waals surface area contributed by atoms with E-state index in [4.69, 9.17) is 0 Å². The summed E-state index contributed by atoms with van der Waals surface area (Å²) in [6.07, 6.45) is -3.37. The van der Waals surface area contributed by atoms with Crippen molar-refractivity contribution in [2.24, 2.45) is 11.8 Å². The molecule has 1 aliphatic heterocycles. The van der Waals surface area contributed by atoms with Crippen LogP contribution in [0.5, 0.6) is 0 Å². The predicted molar refractivity (Wildman–Crippen MR) is 96.5 cm³/mol. The summed E-state index contributed by atoms with van der Waals surface area (Å²) in [5.41, 5.74) is 4.85. The van der Waals surface area contributed by atoms with Crippen LogP contribution in [0.15, 0.2) is 12.1 Å². The van der Waals surface area contributed by atoms with Crippen molar-refractivity contribution in [1.29, 1.82) is 0 Å². The number of anilines is 1. The standard InChI is InChI=1S/C17H22F3N7O2/c1-10(2)9-14(28)22-23-15(29)11-5-7-26(8-6-11)13-4-3-12-21-24-16(17(18,19)20)27(12)25-13/h3-4,10-11H,5-9H2,1-2H3,(H,22,28)(H,23,29). The van der Waals surface area contributed by atoms with Gasteiger partial charge in [-0.2, -0.15) is 17.7 Å². The Bertz CT molecular complexity index is 889. The molecule has 1 fully saturated rings. The molecule has 0 atom stereocenters. The van der Waals surface area contributed by atoms with E-state index in [0.717, 1.165) is 0 Å². The van der Waals surface area contributed by atoms with E-state index >= 15 is 0 Å². The first-order valence-corrected chi connectivity index (χ1v) is 9.28. The molecule has 3 rings (SSSR count). The van der Waals surface area contributed by atoms with Gasteiger partial charge in [0.2, 0.25) is 11.8 Å². The zero-order valence-corrected chi connectivity index (χ0v) is 16.0. The summed E-state index contributed by atoms with van der Waals surface area (Å²) in [4.78, 5) is 25.7. The number of carbonyl (C=O) groups excluding carboxylic acids is 2. The van der Waals surface area contributed by atoms with Gasteiger partial charge in [0.25, 0.3) is 5.82 Å². The molecule has 0 spiro atoms. The zero-order valence-electron chi connectivity index (χ0n) is 16.0. The van der Waals surface area contributed by atoms with E-state index in [-0.39, 0.29) is 29.3 Å². The van der Waals surface area contributed by atoms with Crippen LogP contribution >= 0.6 is 0 Å². The number of amides is 2. The fourth-order valence-electron chi connectivity index (χ4n) is 3.15. The van der Waals surface area contributed by atoms with Gasteiger partial charge in [-0.05, 0) is 30.9 Å². The lowest BCUT2D eigenvalue weighted by atomic mass is 9.96. The molecule has 2 N–H and O–H groups in total. The SMILES string of the molecule is CC(C)CC(=O)NNC(=O)C1CCN(c2ccc3nnc(C(F)(F)F)n3n2)CC1. The fraction of sp³-hybridized carbons (Fsp3) is 0.588. The lowest BCUT2D eigenvalue weighted by Gasteiger charge is -2.32. The minimum Gasteiger partial charge on any atom is -0.355 e. The molecule has 2 amide bonds. The van der Waals surface area contributed by atoms with Crippen molar-refractivity contribution in [2.75, 3.05) is 18.0 Å². The van der Waals surface area contributed by atoms with Crippen molar-refractivity contribution in [1.82, 2.24) is 30.7 Å². The maximum absolute atomic E-state index is 13.0. The van der Waals surface area contributed by atoms with Gasteiger partial charge in [0.15, 0.2) is 5.65 Å². The number of piperidine rings is 1. The van der Waals surface area contributed by atoms with Crippen molar-refractivity contribution >= 4 is 23.3 Å². The lowest BCUT2D eigenvalue weighted by molar-refractivity contribution is -0.146. The van der Waals surface area contributed by atoms with Crippen LogP contribution in [0, 0.1) is 11.8 Å². The van der Waals surface area contributed by atoms with Gasteiger partial charge in [-0.15, -0.1) is 15.3 Å². The smallest absolute Gasteiger partial charge is 0.355 e. The Morgan fingerprint density at radius 2 is 1.86 bits per heavy atom. The minimum atomic E-state index is -4.66. The minimum absolute atomic E-state index is 0.00692. The quantitative estimate of drug-likeness (QED) is 0.737. The number of nitrogens with one attached hydrogen (secondary N) is 2. The first-order valence-electron chi connectivity index (χ1n) is 9.28. The van der Waals surface area contributed by atoms with E-state index in [2.05, 4.69) is 26.1 Å². The Morgan fingerprint density at radius 1 is 1.17 bits per heavy atom. The topological polar surface area (TPSA) is 105 Å². The number of halogens is 3. The molecule has 29 heavy (non-hydrogen) atoms. The summed E-state index contributed by atoms with van der Waals surface area (Å²) in [6.45, 7) is 4.69. The lowest BCUT2D eigenvalue weighted by Crippen LogP contribution is -2.47. The van der Waals surface area contributed by atoms with Crippen molar-refractivity contribution in [2.45, 2.75) is 39.3 Å². The van der Waals surface area contributed by atoms with Crippen LogP contribution in [0.25, 0.3) is 5.65 Å². The Balaban J connectivity index is 1.59. The van der Waals surface area contributed by atoms with Gasteiger partial charge < -0.3 is 4.90 Å². The third-order valence-electron chi connectivity index (χ3n) is 4.61. The molecule has 2 aromatic heterocycles. The maximum Gasteiger partial charge on any atom is 0.453 e. The van der Waals surface area contributed by atoms with Gasteiger partial charge in [-0.3, -0.25) is 20.4 Å². The number of nitrogens with zero attached hydrogens (tertiary/aromatic N) is 5. The fourth-order valence-corrected chi connectivity index (χ4v) is 3.15. The molecule has 0 saturated carbocycles. The highest BCUT2D eigenvalue weighted by Crippen LogP contribution is 2.28. The number of hydrogen-bond donors (Lipinski definition) is 2. The van der Waals surface area contributed by atoms with E-state index in [1.54, 1.807) is 11.0 Å². The summed E-state index contributed by atoms with van der Waals surface area (Å²) >= 11 is 0. The molecular formula is C17H22F3N7O2. The van der Waals surface area contributed by atoms with Gasteiger partial charge in [0.05, 0.1) is 0 Å². The average Bonchev–Trinajstić information content (AvgIpc) is 3.09. The number of fused-ring (bicyclic) bond motifs is 1. The van der Waals surface area contributed by atoms with Crippen LogP contribution in [0.3, 0.4) is 0 Å². The van der Waals surface area contributed by atoms with Crippen LogP contribution in [-0.2, 0) is 15.8 Å². The first-order chi connectivity index (χ1) is 13.6. The van der Waals surface area contributed by atoms with Crippen molar-refractivity contribution < 1.29 is 22.8 Å². The van der Waals surface area contributed by atoms with Gasteiger partial charge >= 0.3 is 6.18 Å². The van der Waals surface area contributed by atoms with Crippen LogP contribution < -0.4 is 15.8 Å². The van der Waals surface area contributed by atoms with E-state index in [9.17, 15) is 22.8 Å². The van der Waals surface area contributed by atoms with E-state index in [0.29, 0.717) is 42.7 Å². The molecule has 158 valence electrons. The Morgan fingerprint density at radius 3 is 2.48 bits per heavy atom. The van der Waals surface area contributed by atoms with Crippen LogP contribution in [0.2, 0.25) is 0 Å². The molecular weight excluding hydrogens is 391 g/mol. The monoisotopic (exact) mass is 413 g/mol. The number of rotatable bonds is 4. The first kappa shape index (κ1) is 20.8. The summed E-state index contributed by atoms with van der Waals surface area (Å²) in [5.74, 6) is -1.47.